The maximum Gasteiger partial charge on any atom is 0.305 e. The lowest BCUT2D eigenvalue weighted by molar-refractivity contribution is -0.144. The Morgan fingerprint density at radius 1 is 1.18 bits per heavy atom. The van der Waals surface area contributed by atoms with Crippen molar-refractivity contribution in [3.63, 3.8) is 0 Å². The number of aromatic nitrogens is 2. The summed E-state index contributed by atoms with van der Waals surface area (Å²) in [4.78, 5) is 24.3. The van der Waals surface area contributed by atoms with Crippen LogP contribution in [0.15, 0.2) is 42.6 Å². The number of unbranched alkanes of at least 4 members (excludes halogenated alkanes) is 4. The Kier molecular flexibility index (Phi) is 10.5. The largest absolute Gasteiger partial charge is 0.463 e. The van der Waals surface area contributed by atoms with E-state index in [0.717, 1.165) is 43.4 Å². The predicted octanol–water partition coefficient (Wildman–Crippen LogP) is 5.06. The predicted molar refractivity (Wildman–Crippen MR) is 134 cm³/mol. The number of halogens is 2. The van der Waals surface area contributed by atoms with E-state index in [9.17, 15) is 14.0 Å². The fourth-order valence-corrected chi connectivity index (χ4v) is 3.56. The minimum absolute atomic E-state index is 0. The Morgan fingerprint density at radius 3 is 2.68 bits per heavy atom. The summed E-state index contributed by atoms with van der Waals surface area (Å²) in [5, 5.41) is 7.24. The van der Waals surface area contributed by atoms with Crippen molar-refractivity contribution >= 4 is 40.9 Å². The number of ether oxygens (including phenoxy) is 1. The van der Waals surface area contributed by atoms with Crippen LogP contribution in [0.4, 0.5) is 10.1 Å². The summed E-state index contributed by atoms with van der Waals surface area (Å²) in [6, 6.07) is 9.46. The summed E-state index contributed by atoms with van der Waals surface area (Å²) in [6.45, 7) is 3.86. The van der Waals surface area contributed by atoms with Crippen LogP contribution in [-0.2, 0) is 14.3 Å². The smallest absolute Gasteiger partial charge is 0.305 e. The van der Waals surface area contributed by atoms with Crippen LogP contribution in [0.3, 0.4) is 0 Å². The Hall–Kier alpha value is -2.97. The van der Waals surface area contributed by atoms with Gasteiger partial charge in [-0.15, -0.1) is 12.4 Å². The van der Waals surface area contributed by atoms with E-state index in [4.69, 9.17) is 10.5 Å². The van der Waals surface area contributed by atoms with Crippen molar-refractivity contribution < 1.29 is 18.7 Å². The molecule has 3 aromatic rings. The van der Waals surface area contributed by atoms with E-state index in [1.165, 1.54) is 12.3 Å². The Balaban J connectivity index is 0.00000408. The number of nitrogens with zero attached hydrogens (tertiary/aromatic N) is 2. The first kappa shape index (κ1) is 27.3. The zero-order valence-corrected chi connectivity index (χ0v) is 20.4. The highest BCUT2D eigenvalue weighted by molar-refractivity contribution is 5.97. The van der Waals surface area contributed by atoms with E-state index in [1.54, 1.807) is 10.7 Å². The number of rotatable bonds is 11. The third-order valence-electron chi connectivity index (χ3n) is 5.40. The SMILES string of the molecule is CCCCCCCC(=O)OC[C@H](N)C(=O)Nc1cc(F)c2cnn(-c3cccc(C)c3)c2c1.Cl. The number of carbonyl (C=O) groups is 2. The van der Waals surface area contributed by atoms with Gasteiger partial charge < -0.3 is 15.8 Å². The standard InChI is InChI=1S/C25H31FN4O3.ClH/c1-3-4-5-6-7-11-24(31)33-16-22(27)25(32)29-18-13-21(26)20-15-28-30(23(20)14-18)19-10-8-9-17(2)12-19;/h8-10,12-15,22H,3-7,11,16,27H2,1-2H3,(H,29,32);1H/t22-;/m0./s1. The van der Waals surface area contributed by atoms with Crippen molar-refractivity contribution in [1.29, 1.82) is 0 Å². The molecule has 7 nitrogen and oxygen atoms in total. The molecule has 0 radical (unpaired) electrons. The van der Waals surface area contributed by atoms with Gasteiger partial charge in [-0.3, -0.25) is 9.59 Å². The summed E-state index contributed by atoms with van der Waals surface area (Å²) in [5.41, 5.74) is 8.46. The van der Waals surface area contributed by atoms with Crippen LogP contribution in [0, 0.1) is 12.7 Å². The second kappa shape index (κ2) is 13.1. The molecule has 0 saturated heterocycles. The molecule has 2 aromatic carbocycles. The fourth-order valence-electron chi connectivity index (χ4n) is 3.56. The Labute approximate surface area is 205 Å². The second-order valence-electron chi connectivity index (χ2n) is 8.23. The van der Waals surface area contributed by atoms with E-state index in [1.807, 2.05) is 31.2 Å². The quantitative estimate of drug-likeness (QED) is 0.289. The lowest BCUT2D eigenvalue weighted by Crippen LogP contribution is -2.40. The van der Waals surface area contributed by atoms with Crippen LogP contribution in [0.5, 0.6) is 0 Å². The van der Waals surface area contributed by atoms with Gasteiger partial charge in [0.25, 0.3) is 0 Å². The average molecular weight is 491 g/mol. The molecule has 0 spiro atoms. The van der Waals surface area contributed by atoms with Crippen LogP contribution in [0.1, 0.15) is 51.0 Å². The summed E-state index contributed by atoms with van der Waals surface area (Å²) in [6.07, 6.45) is 6.87. The molecule has 0 aliphatic heterocycles. The highest BCUT2D eigenvalue weighted by Gasteiger charge is 2.18. The minimum atomic E-state index is -1.06. The fraction of sp³-hybridized carbons (Fsp3) is 0.400. The highest BCUT2D eigenvalue weighted by atomic mass is 35.5. The molecule has 1 aromatic heterocycles. The van der Waals surface area contributed by atoms with Crippen molar-refractivity contribution in [2.24, 2.45) is 5.73 Å². The molecule has 3 rings (SSSR count). The van der Waals surface area contributed by atoms with Gasteiger partial charge in [0, 0.05) is 12.1 Å². The molecule has 9 heteroatoms. The van der Waals surface area contributed by atoms with Gasteiger partial charge in [-0.1, -0.05) is 44.7 Å². The monoisotopic (exact) mass is 490 g/mol. The number of esters is 1. The minimum Gasteiger partial charge on any atom is -0.463 e. The van der Waals surface area contributed by atoms with Crippen molar-refractivity contribution in [3.05, 3.63) is 54.0 Å². The third-order valence-corrected chi connectivity index (χ3v) is 5.40. The van der Waals surface area contributed by atoms with Crippen molar-refractivity contribution in [1.82, 2.24) is 9.78 Å². The first-order chi connectivity index (χ1) is 15.9. The van der Waals surface area contributed by atoms with E-state index >= 15 is 0 Å². The first-order valence-electron chi connectivity index (χ1n) is 11.4. The van der Waals surface area contributed by atoms with Crippen molar-refractivity contribution in [2.75, 3.05) is 11.9 Å². The van der Waals surface area contributed by atoms with Gasteiger partial charge in [0.2, 0.25) is 5.91 Å². The number of carbonyl (C=O) groups excluding carboxylic acids is 2. The molecule has 1 atom stereocenters. The summed E-state index contributed by atoms with van der Waals surface area (Å²) >= 11 is 0. The number of benzene rings is 2. The van der Waals surface area contributed by atoms with Gasteiger partial charge in [0.15, 0.2) is 0 Å². The maximum absolute atomic E-state index is 14.7. The Morgan fingerprint density at radius 2 is 1.94 bits per heavy atom. The van der Waals surface area contributed by atoms with E-state index in [0.29, 0.717) is 17.3 Å². The number of amides is 1. The van der Waals surface area contributed by atoms with Gasteiger partial charge in [0.1, 0.15) is 18.5 Å². The lowest BCUT2D eigenvalue weighted by Gasteiger charge is -2.13. The number of nitrogens with one attached hydrogen (secondary N) is 1. The molecule has 0 bridgehead atoms. The van der Waals surface area contributed by atoms with Crippen molar-refractivity contribution in [3.8, 4) is 5.69 Å². The summed E-state index contributed by atoms with van der Waals surface area (Å²) in [7, 11) is 0. The zero-order chi connectivity index (χ0) is 23.8. The number of hydrogen-bond acceptors (Lipinski definition) is 5. The number of fused-ring (bicyclic) bond motifs is 1. The van der Waals surface area contributed by atoms with Gasteiger partial charge in [-0.05, 0) is 43.2 Å². The molecular weight excluding hydrogens is 459 g/mol. The van der Waals surface area contributed by atoms with E-state index in [2.05, 4.69) is 17.3 Å². The van der Waals surface area contributed by atoms with Crippen LogP contribution in [0.25, 0.3) is 16.6 Å². The zero-order valence-electron chi connectivity index (χ0n) is 19.6. The normalized spacial score (nSPS) is 11.6. The molecular formula is C25H32ClFN4O3. The highest BCUT2D eigenvalue weighted by Crippen LogP contribution is 2.25. The Bertz CT molecular complexity index is 1120. The van der Waals surface area contributed by atoms with Crippen LogP contribution in [-0.4, -0.2) is 34.3 Å². The number of nitrogens with two attached hydrogens (primary N) is 1. The third kappa shape index (κ3) is 7.27. The molecule has 184 valence electrons. The van der Waals surface area contributed by atoms with Crippen LogP contribution in [0.2, 0.25) is 0 Å². The van der Waals surface area contributed by atoms with Gasteiger partial charge >= 0.3 is 5.97 Å². The van der Waals surface area contributed by atoms with E-state index < -0.39 is 17.8 Å². The van der Waals surface area contributed by atoms with Gasteiger partial charge in [-0.25, -0.2) is 9.07 Å². The average Bonchev–Trinajstić information content (AvgIpc) is 3.22. The summed E-state index contributed by atoms with van der Waals surface area (Å²) < 4.78 is 21.4. The van der Waals surface area contributed by atoms with Crippen molar-refractivity contribution in [2.45, 2.75) is 58.4 Å². The first-order valence-corrected chi connectivity index (χ1v) is 11.4. The molecule has 1 heterocycles. The molecule has 0 fully saturated rings. The molecule has 1 amide bonds. The van der Waals surface area contributed by atoms with Gasteiger partial charge in [-0.2, -0.15) is 5.10 Å². The molecule has 34 heavy (non-hydrogen) atoms. The molecule has 0 aliphatic carbocycles. The number of aryl methyl sites for hydroxylation is 1. The maximum atomic E-state index is 14.7. The summed E-state index contributed by atoms with van der Waals surface area (Å²) in [5.74, 6) is -1.44. The molecule has 0 aliphatic rings. The van der Waals surface area contributed by atoms with Crippen LogP contribution < -0.4 is 11.1 Å². The number of anilines is 1. The van der Waals surface area contributed by atoms with Gasteiger partial charge in [0.05, 0.1) is 22.8 Å². The molecule has 0 unspecified atom stereocenters. The second-order valence-corrected chi connectivity index (χ2v) is 8.23. The molecule has 0 saturated carbocycles. The lowest BCUT2D eigenvalue weighted by atomic mass is 10.1. The topological polar surface area (TPSA) is 99.2 Å². The van der Waals surface area contributed by atoms with Crippen LogP contribution >= 0.6 is 12.4 Å². The number of hydrogen-bond donors (Lipinski definition) is 2. The van der Waals surface area contributed by atoms with E-state index in [-0.39, 0.29) is 30.7 Å². The molecule has 3 N–H and O–H groups in total.